The molecule has 6 heteroatoms. The van der Waals surface area contributed by atoms with Crippen molar-refractivity contribution in [2.45, 2.75) is 32.2 Å². The van der Waals surface area contributed by atoms with Crippen molar-refractivity contribution in [3.05, 3.63) is 53.7 Å². The van der Waals surface area contributed by atoms with E-state index in [2.05, 4.69) is 31.0 Å². The fourth-order valence-electron chi connectivity index (χ4n) is 3.23. The van der Waals surface area contributed by atoms with Crippen LogP contribution >= 0.6 is 0 Å². The van der Waals surface area contributed by atoms with E-state index in [1.54, 1.807) is 6.20 Å². The van der Waals surface area contributed by atoms with Gasteiger partial charge in [-0.3, -0.25) is 5.10 Å². The fraction of sp³-hybridized carbons (Fsp3) is 0.263. The van der Waals surface area contributed by atoms with Crippen molar-refractivity contribution < 1.29 is 0 Å². The minimum Gasteiger partial charge on any atom is -0.310 e. The van der Waals surface area contributed by atoms with E-state index < -0.39 is 0 Å². The van der Waals surface area contributed by atoms with Gasteiger partial charge in [0.2, 0.25) is 0 Å². The number of benzene rings is 1. The average Bonchev–Trinajstić information content (AvgIpc) is 3.21. The molecule has 6 nitrogen and oxygen atoms in total. The first-order valence-corrected chi connectivity index (χ1v) is 8.50. The number of nitrogens with zero attached hydrogens (tertiary/aromatic N) is 5. The molecule has 0 spiro atoms. The molecule has 1 aliphatic rings. The number of nitriles is 1. The summed E-state index contributed by atoms with van der Waals surface area (Å²) in [5.74, 6) is 1.63. The Morgan fingerprint density at radius 3 is 2.88 bits per heavy atom. The lowest BCUT2D eigenvalue weighted by Gasteiger charge is -2.06. The first kappa shape index (κ1) is 15.3. The summed E-state index contributed by atoms with van der Waals surface area (Å²) >= 11 is 0. The Morgan fingerprint density at radius 1 is 1.16 bits per heavy atom. The number of nitrogens with one attached hydrogen (secondary N) is 1. The van der Waals surface area contributed by atoms with Crippen molar-refractivity contribution in [3.8, 4) is 17.3 Å². The molecule has 0 saturated carbocycles. The lowest BCUT2D eigenvalue weighted by atomic mass is 10.1. The Hall–Kier alpha value is -3.20. The van der Waals surface area contributed by atoms with E-state index in [9.17, 15) is 5.26 Å². The van der Waals surface area contributed by atoms with Gasteiger partial charge in [-0.2, -0.15) is 10.4 Å². The summed E-state index contributed by atoms with van der Waals surface area (Å²) in [7, 11) is 0. The quantitative estimate of drug-likeness (QED) is 0.745. The van der Waals surface area contributed by atoms with Gasteiger partial charge < -0.3 is 4.57 Å². The highest BCUT2D eigenvalue weighted by molar-refractivity contribution is 5.90. The highest BCUT2D eigenvalue weighted by Crippen LogP contribution is 2.26. The maximum Gasteiger partial charge on any atom is 0.174 e. The molecular weight excluding hydrogens is 312 g/mol. The van der Waals surface area contributed by atoms with Crippen LogP contribution in [-0.4, -0.2) is 25.0 Å². The Bertz CT molecular complexity index is 942. The zero-order valence-electron chi connectivity index (χ0n) is 13.8. The number of aromatic nitrogens is 5. The molecule has 0 fully saturated rings. The van der Waals surface area contributed by atoms with Crippen LogP contribution in [0.3, 0.4) is 0 Å². The van der Waals surface area contributed by atoms with E-state index in [4.69, 9.17) is 0 Å². The molecule has 1 aromatic carbocycles. The van der Waals surface area contributed by atoms with Crippen molar-refractivity contribution in [2.24, 2.45) is 0 Å². The van der Waals surface area contributed by atoms with Crippen LogP contribution in [0.2, 0.25) is 0 Å². The van der Waals surface area contributed by atoms with Gasteiger partial charge in [0.15, 0.2) is 5.82 Å². The van der Waals surface area contributed by atoms with Gasteiger partial charge in [0.25, 0.3) is 0 Å². The second-order valence-electron chi connectivity index (χ2n) is 6.14. The molecule has 0 unspecified atom stereocenters. The van der Waals surface area contributed by atoms with Crippen molar-refractivity contribution in [1.82, 2.24) is 25.0 Å². The molecule has 3 heterocycles. The van der Waals surface area contributed by atoms with Crippen LogP contribution in [0.1, 0.15) is 36.5 Å². The van der Waals surface area contributed by atoms with Crippen molar-refractivity contribution in [1.29, 1.82) is 5.26 Å². The molecule has 0 bridgehead atoms. The molecular formula is C19H18N6. The zero-order chi connectivity index (χ0) is 17.1. The topological polar surface area (TPSA) is 83.2 Å². The van der Waals surface area contributed by atoms with Crippen molar-refractivity contribution >= 4 is 11.6 Å². The number of aromatic amines is 1. The maximum absolute atomic E-state index is 9.70. The van der Waals surface area contributed by atoms with E-state index >= 15 is 0 Å². The number of hydrogen-bond donors (Lipinski definition) is 1. The maximum atomic E-state index is 9.70. The van der Waals surface area contributed by atoms with Crippen LogP contribution in [0.5, 0.6) is 0 Å². The van der Waals surface area contributed by atoms with Crippen LogP contribution in [0.15, 0.2) is 36.5 Å². The van der Waals surface area contributed by atoms with E-state index in [1.165, 1.54) is 6.42 Å². The standard InChI is InChI=1S/C19H18N6/c20-12-15(19-24-22-17-9-5-2-6-10-25(17)19)11-16-13-21-23-18(16)14-7-3-1-4-8-14/h1,3-4,7-8,11,13H,2,5-6,9-10H2,(H,21,23)/b15-11+. The van der Waals surface area contributed by atoms with E-state index in [0.29, 0.717) is 11.4 Å². The number of H-pyrrole nitrogens is 1. The third-order valence-corrected chi connectivity index (χ3v) is 4.50. The molecule has 4 rings (SSSR count). The van der Waals surface area contributed by atoms with Gasteiger partial charge in [-0.1, -0.05) is 36.8 Å². The summed E-state index contributed by atoms with van der Waals surface area (Å²) in [6.45, 7) is 0.869. The summed E-state index contributed by atoms with van der Waals surface area (Å²) in [5, 5.41) is 25.4. The Balaban J connectivity index is 1.76. The zero-order valence-corrected chi connectivity index (χ0v) is 13.8. The second kappa shape index (κ2) is 6.73. The molecule has 3 aromatic rings. The van der Waals surface area contributed by atoms with Crippen LogP contribution in [0.4, 0.5) is 0 Å². The predicted molar refractivity (Wildman–Crippen MR) is 95.1 cm³/mol. The minimum absolute atomic E-state index is 0.513. The third kappa shape index (κ3) is 2.96. The largest absolute Gasteiger partial charge is 0.310 e. The average molecular weight is 330 g/mol. The minimum atomic E-state index is 0.513. The van der Waals surface area contributed by atoms with Gasteiger partial charge in [0, 0.05) is 24.1 Å². The van der Waals surface area contributed by atoms with E-state index in [0.717, 1.165) is 48.5 Å². The summed E-state index contributed by atoms with van der Waals surface area (Å²) < 4.78 is 2.09. The molecule has 0 radical (unpaired) electrons. The highest BCUT2D eigenvalue weighted by Gasteiger charge is 2.18. The summed E-state index contributed by atoms with van der Waals surface area (Å²) in [5.41, 5.74) is 3.31. The Labute approximate surface area is 145 Å². The Morgan fingerprint density at radius 2 is 2.04 bits per heavy atom. The molecule has 124 valence electrons. The summed E-state index contributed by atoms with van der Waals surface area (Å²) in [4.78, 5) is 0. The molecule has 0 aliphatic carbocycles. The van der Waals surface area contributed by atoms with E-state index in [1.807, 2.05) is 36.4 Å². The Kier molecular flexibility index (Phi) is 4.13. The number of rotatable bonds is 3. The van der Waals surface area contributed by atoms with Gasteiger partial charge in [-0.25, -0.2) is 0 Å². The first-order chi connectivity index (χ1) is 12.4. The second-order valence-corrected chi connectivity index (χ2v) is 6.14. The molecule has 1 aliphatic heterocycles. The van der Waals surface area contributed by atoms with Gasteiger partial charge in [-0.15, -0.1) is 10.2 Å². The van der Waals surface area contributed by atoms with Crippen molar-refractivity contribution in [3.63, 3.8) is 0 Å². The van der Waals surface area contributed by atoms with Crippen LogP contribution in [-0.2, 0) is 13.0 Å². The van der Waals surface area contributed by atoms with Crippen LogP contribution in [0, 0.1) is 11.3 Å². The van der Waals surface area contributed by atoms with E-state index in [-0.39, 0.29) is 0 Å². The molecule has 1 N–H and O–H groups in total. The SMILES string of the molecule is N#C/C(=C\c1cn[nH]c1-c1ccccc1)c1nnc2n1CCCCC2. The fourth-order valence-corrected chi connectivity index (χ4v) is 3.23. The van der Waals surface area contributed by atoms with Gasteiger partial charge in [0.05, 0.1) is 17.5 Å². The molecule has 0 atom stereocenters. The molecule has 0 amide bonds. The first-order valence-electron chi connectivity index (χ1n) is 8.50. The number of fused-ring (bicyclic) bond motifs is 1. The lowest BCUT2D eigenvalue weighted by molar-refractivity contribution is 0.627. The predicted octanol–water partition coefficient (Wildman–Crippen LogP) is 3.46. The summed E-state index contributed by atoms with van der Waals surface area (Å²) in [6.07, 6.45) is 7.91. The van der Waals surface area contributed by atoms with Crippen molar-refractivity contribution in [2.75, 3.05) is 0 Å². The lowest BCUT2D eigenvalue weighted by Crippen LogP contribution is -2.05. The number of allylic oxidation sites excluding steroid dienone is 1. The molecule has 0 saturated heterocycles. The number of aryl methyl sites for hydroxylation is 1. The third-order valence-electron chi connectivity index (χ3n) is 4.50. The monoisotopic (exact) mass is 330 g/mol. The number of hydrogen-bond acceptors (Lipinski definition) is 4. The smallest absolute Gasteiger partial charge is 0.174 e. The van der Waals surface area contributed by atoms with Gasteiger partial charge >= 0.3 is 0 Å². The van der Waals surface area contributed by atoms with Gasteiger partial charge in [0.1, 0.15) is 11.9 Å². The van der Waals surface area contributed by atoms with Crippen LogP contribution in [0.25, 0.3) is 22.9 Å². The molecule has 2 aromatic heterocycles. The normalized spacial score (nSPS) is 14.6. The molecule has 25 heavy (non-hydrogen) atoms. The van der Waals surface area contributed by atoms with Gasteiger partial charge in [-0.05, 0) is 18.9 Å². The highest BCUT2D eigenvalue weighted by atomic mass is 15.3. The van der Waals surface area contributed by atoms with Crippen LogP contribution < -0.4 is 0 Å². The summed E-state index contributed by atoms with van der Waals surface area (Å²) in [6, 6.07) is 12.2.